The fourth-order valence-corrected chi connectivity index (χ4v) is 6.58. The molecule has 1 aliphatic heterocycles. The minimum absolute atomic E-state index is 0.139. The first-order chi connectivity index (χ1) is 26.6. The monoisotopic (exact) mass is 799 g/mol. The fraction of sp³-hybridized carbons (Fsp3) is 0.786. The van der Waals surface area contributed by atoms with Gasteiger partial charge in [0.2, 0.25) is 0 Å². The van der Waals surface area contributed by atoms with E-state index in [9.17, 15) is 23.8 Å². The van der Waals surface area contributed by atoms with Crippen molar-refractivity contribution in [2.45, 2.75) is 192 Å². The van der Waals surface area contributed by atoms with E-state index in [0.29, 0.717) is 25.0 Å². The summed E-state index contributed by atoms with van der Waals surface area (Å²) in [5, 5.41) is 8.88. The number of allylic oxidation sites excluding steroid dienone is 5. The standard InChI is InChI=1S/C42H74NO11P/c1-3-5-7-8-9-10-11-12-13-14-15-16-21-24-28-32-41(45)53-36(34-51-55(48,49)52-35-37(43)42(46)47)33-50-40(44)31-27-23-20-18-17-19-22-26-30-39-38(54-39)29-25-6-4-2/h9-10,12-13,22,26,36-39H,3-8,11,14-21,23-25,27-35,43H2,1-2H3,(H,46,47)(H,48,49)/b10-9-,13-12-,26-22-/t36-,37+,38?,39?/m1/s1. The minimum atomic E-state index is -4.72. The van der Waals surface area contributed by atoms with Crippen LogP contribution in [0.5, 0.6) is 0 Å². The van der Waals surface area contributed by atoms with Crippen molar-refractivity contribution < 1.29 is 52.2 Å². The van der Waals surface area contributed by atoms with Crippen LogP contribution in [0.4, 0.5) is 0 Å². The van der Waals surface area contributed by atoms with Gasteiger partial charge in [0.05, 0.1) is 25.4 Å². The number of esters is 2. The van der Waals surface area contributed by atoms with Gasteiger partial charge in [-0.1, -0.05) is 121 Å². The first kappa shape index (κ1) is 50.7. The second-order valence-corrected chi connectivity index (χ2v) is 16.0. The van der Waals surface area contributed by atoms with Crippen LogP contribution in [0.3, 0.4) is 0 Å². The highest BCUT2D eigenvalue weighted by Crippen LogP contribution is 2.43. The van der Waals surface area contributed by atoms with Gasteiger partial charge in [-0.05, 0) is 70.6 Å². The lowest BCUT2D eigenvalue weighted by molar-refractivity contribution is -0.161. The van der Waals surface area contributed by atoms with E-state index in [1.54, 1.807) is 0 Å². The van der Waals surface area contributed by atoms with Gasteiger partial charge in [0, 0.05) is 12.8 Å². The first-order valence-corrected chi connectivity index (χ1v) is 22.6. The lowest BCUT2D eigenvalue weighted by Crippen LogP contribution is -2.34. The van der Waals surface area contributed by atoms with Gasteiger partial charge in [0.25, 0.3) is 0 Å². The average molecular weight is 800 g/mol. The van der Waals surface area contributed by atoms with Crippen LogP contribution in [-0.2, 0) is 42.2 Å². The predicted octanol–water partition coefficient (Wildman–Crippen LogP) is 9.83. The predicted molar refractivity (Wildman–Crippen MR) is 216 cm³/mol. The molecule has 1 saturated heterocycles. The van der Waals surface area contributed by atoms with E-state index in [2.05, 4.69) is 54.8 Å². The number of hydrogen-bond acceptors (Lipinski definition) is 10. The molecule has 1 heterocycles. The summed E-state index contributed by atoms with van der Waals surface area (Å²) in [5.74, 6) is -2.42. The molecule has 318 valence electrons. The number of rotatable bonds is 38. The normalized spacial score (nSPS) is 17.8. The van der Waals surface area contributed by atoms with Gasteiger partial charge in [-0.2, -0.15) is 0 Å². The maximum Gasteiger partial charge on any atom is 0.472 e. The summed E-state index contributed by atoms with van der Waals surface area (Å²) in [5.41, 5.74) is 5.33. The SMILES string of the molecule is CCCCC/C=C\C/C=C\CCCCCCCC(=O)O[C@H](COC(=O)CCCCCCC/C=C\CC1OC1CCCCC)COP(=O)(O)OC[C@H](N)C(=O)O. The van der Waals surface area contributed by atoms with E-state index < -0.39 is 51.1 Å². The number of carbonyl (C=O) groups excluding carboxylic acids is 2. The van der Waals surface area contributed by atoms with Crippen molar-refractivity contribution in [3.05, 3.63) is 36.5 Å². The number of aliphatic carboxylic acids is 1. The molecule has 55 heavy (non-hydrogen) atoms. The van der Waals surface area contributed by atoms with Crippen molar-refractivity contribution in [2.75, 3.05) is 19.8 Å². The van der Waals surface area contributed by atoms with Crippen LogP contribution in [0, 0.1) is 0 Å². The number of unbranched alkanes of at least 4 members (excludes halogenated alkanes) is 15. The molecule has 0 amide bonds. The highest BCUT2D eigenvalue weighted by Gasteiger charge is 2.36. The number of phosphoric ester groups is 1. The largest absolute Gasteiger partial charge is 0.480 e. The van der Waals surface area contributed by atoms with Gasteiger partial charge >= 0.3 is 25.7 Å². The van der Waals surface area contributed by atoms with Crippen LogP contribution in [0.2, 0.25) is 0 Å². The van der Waals surface area contributed by atoms with Crippen LogP contribution >= 0.6 is 7.82 Å². The maximum absolute atomic E-state index is 12.6. The average Bonchev–Trinajstić information content (AvgIpc) is 3.91. The highest BCUT2D eigenvalue weighted by molar-refractivity contribution is 7.47. The summed E-state index contributed by atoms with van der Waals surface area (Å²) >= 11 is 0. The van der Waals surface area contributed by atoms with Crippen LogP contribution in [0.25, 0.3) is 0 Å². The highest BCUT2D eigenvalue weighted by atomic mass is 31.2. The van der Waals surface area contributed by atoms with E-state index in [0.717, 1.165) is 83.5 Å². The zero-order chi connectivity index (χ0) is 40.4. The molecule has 0 spiro atoms. The Hall–Kier alpha value is -2.34. The number of epoxide rings is 1. The number of ether oxygens (including phenoxy) is 3. The molecule has 5 atom stereocenters. The molecule has 0 radical (unpaired) electrons. The third kappa shape index (κ3) is 31.4. The Labute approximate surface area is 331 Å². The molecule has 0 aliphatic carbocycles. The molecule has 13 heteroatoms. The third-order valence-electron chi connectivity index (χ3n) is 9.28. The molecule has 1 rings (SSSR count). The Balaban J connectivity index is 2.30. The molecule has 1 fully saturated rings. The van der Waals surface area contributed by atoms with Crippen LogP contribution in [-0.4, -0.2) is 72.1 Å². The molecule has 0 aromatic rings. The minimum Gasteiger partial charge on any atom is -0.480 e. The summed E-state index contributed by atoms with van der Waals surface area (Å²) < 4.78 is 38.4. The first-order valence-electron chi connectivity index (χ1n) is 21.1. The Morgan fingerprint density at radius 2 is 1.20 bits per heavy atom. The van der Waals surface area contributed by atoms with Crippen molar-refractivity contribution in [3.8, 4) is 0 Å². The van der Waals surface area contributed by atoms with Gasteiger partial charge in [0.15, 0.2) is 6.10 Å². The van der Waals surface area contributed by atoms with Gasteiger partial charge in [-0.15, -0.1) is 0 Å². The summed E-state index contributed by atoms with van der Waals surface area (Å²) in [4.78, 5) is 45.9. The van der Waals surface area contributed by atoms with Crippen molar-refractivity contribution in [1.82, 2.24) is 0 Å². The Bertz CT molecular complexity index is 1140. The van der Waals surface area contributed by atoms with E-state index in [4.69, 9.17) is 29.6 Å². The number of nitrogens with two attached hydrogens (primary N) is 1. The van der Waals surface area contributed by atoms with Crippen LogP contribution < -0.4 is 5.73 Å². The topological polar surface area (TPSA) is 184 Å². The number of carbonyl (C=O) groups is 3. The quantitative estimate of drug-likeness (QED) is 0.0177. The van der Waals surface area contributed by atoms with E-state index >= 15 is 0 Å². The number of phosphoric acid groups is 1. The third-order valence-corrected chi connectivity index (χ3v) is 10.2. The molecule has 3 unspecified atom stereocenters. The van der Waals surface area contributed by atoms with Gasteiger partial charge in [0.1, 0.15) is 12.6 Å². The van der Waals surface area contributed by atoms with E-state index in [1.165, 1.54) is 44.9 Å². The maximum atomic E-state index is 12.6. The number of hydrogen-bond donors (Lipinski definition) is 3. The summed E-state index contributed by atoms with van der Waals surface area (Å²) in [6.45, 7) is 2.70. The van der Waals surface area contributed by atoms with Crippen molar-refractivity contribution in [2.24, 2.45) is 5.73 Å². The van der Waals surface area contributed by atoms with Crippen LogP contribution in [0.1, 0.15) is 168 Å². The smallest absolute Gasteiger partial charge is 0.472 e. The van der Waals surface area contributed by atoms with Crippen molar-refractivity contribution >= 4 is 25.7 Å². The molecule has 4 N–H and O–H groups in total. The van der Waals surface area contributed by atoms with Crippen molar-refractivity contribution in [1.29, 1.82) is 0 Å². The van der Waals surface area contributed by atoms with E-state index in [1.807, 2.05) is 0 Å². The second-order valence-electron chi connectivity index (χ2n) is 14.5. The molecule has 1 aliphatic rings. The Morgan fingerprint density at radius 3 is 1.82 bits per heavy atom. The van der Waals surface area contributed by atoms with Gasteiger partial charge in [-0.3, -0.25) is 23.4 Å². The molecular weight excluding hydrogens is 725 g/mol. The summed E-state index contributed by atoms with van der Waals surface area (Å²) in [7, 11) is -4.72. The Morgan fingerprint density at radius 1 is 0.673 bits per heavy atom. The van der Waals surface area contributed by atoms with Crippen molar-refractivity contribution in [3.63, 3.8) is 0 Å². The molecule has 0 saturated carbocycles. The Kier molecular flexibility index (Phi) is 31.1. The molecule has 0 bridgehead atoms. The van der Waals surface area contributed by atoms with Gasteiger partial charge in [-0.25, -0.2) is 4.57 Å². The lowest BCUT2D eigenvalue weighted by Gasteiger charge is -2.20. The molecule has 0 aromatic heterocycles. The molecule has 0 aromatic carbocycles. The summed E-state index contributed by atoms with van der Waals surface area (Å²) in [6, 6.07) is -1.53. The zero-order valence-electron chi connectivity index (χ0n) is 34.0. The van der Waals surface area contributed by atoms with Gasteiger partial charge < -0.3 is 29.9 Å². The fourth-order valence-electron chi connectivity index (χ4n) is 5.81. The molecular formula is C42H74NO11P. The second kappa shape index (κ2) is 33.8. The van der Waals surface area contributed by atoms with Crippen LogP contribution in [0.15, 0.2) is 36.5 Å². The lowest BCUT2D eigenvalue weighted by atomic mass is 10.1. The zero-order valence-corrected chi connectivity index (χ0v) is 34.9. The number of carboxylic acid groups (broad SMARTS) is 1. The number of carboxylic acids is 1. The van der Waals surface area contributed by atoms with E-state index in [-0.39, 0.29) is 19.4 Å². The molecule has 12 nitrogen and oxygen atoms in total. The summed E-state index contributed by atoms with van der Waals surface area (Å²) in [6.07, 6.45) is 36.6.